The average Bonchev–Trinajstić information content (AvgIpc) is 2.73. The normalized spacial score (nSPS) is 21.7. The van der Waals surface area contributed by atoms with E-state index in [0.717, 1.165) is 7.11 Å². The highest BCUT2D eigenvalue weighted by atomic mass is 19.4. The fourth-order valence-electron chi connectivity index (χ4n) is 4.00. The Morgan fingerprint density at radius 2 is 1.41 bits per heavy atom. The molecule has 3 aromatic rings. The summed E-state index contributed by atoms with van der Waals surface area (Å²) >= 11 is 0. The maximum Gasteiger partial charge on any atom is 0.431 e. The first-order valence-electron chi connectivity index (χ1n) is 9.06. The van der Waals surface area contributed by atoms with E-state index in [1.54, 1.807) is 66.7 Å². The van der Waals surface area contributed by atoms with Gasteiger partial charge in [0.25, 0.3) is 11.5 Å². The predicted molar refractivity (Wildman–Crippen MR) is 103 cm³/mol. The van der Waals surface area contributed by atoms with Crippen molar-refractivity contribution in [1.82, 2.24) is 0 Å². The number of carbonyl (C=O) groups excluding carboxylic acids is 1. The number of nitrogens with zero attached hydrogens (tertiary/aromatic N) is 1. The van der Waals surface area contributed by atoms with Gasteiger partial charge in [0.05, 0.1) is 6.04 Å². The van der Waals surface area contributed by atoms with Crippen LogP contribution in [0, 0.1) is 0 Å². The van der Waals surface area contributed by atoms with Crippen molar-refractivity contribution < 1.29 is 22.7 Å². The van der Waals surface area contributed by atoms with Gasteiger partial charge in [0, 0.05) is 18.4 Å². The number of methoxy groups -OCH3 is 1. The third kappa shape index (κ3) is 2.83. The molecule has 6 heteroatoms. The lowest BCUT2D eigenvalue weighted by Gasteiger charge is -2.46. The fraction of sp³-hybridized carbons (Fsp3) is 0.174. The highest BCUT2D eigenvalue weighted by Gasteiger charge is 2.67. The first kappa shape index (κ1) is 19.2. The molecule has 1 amide bonds. The number of ether oxygens (including phenoxy) is 1. The molecule has 0 spiro atoms. The number of fused-ring (bicyclic) bond motifs is 1. The van der Waals surface area contributed by atoms with E-state index in [1.165, 1.54) is 17.0 Å². The minimum Gasteiger partial charge on any atom is -0.356 e. The average molecular weight is 397 g/mol. The Kier molecular flexibility index (Phi) is 4.67. The third-order valence-electron chi connectivity index (χ3n) is 5.27. The number of rotatable bonds is 3. The van der Waals surface area contributed by atoms with Crippen LogP contribution in [-0.4, -0.2) is 19.2 Å². The minimum absolute atomic E-state index is 0.180. The van der Waals surface area contributed by atoms with E-state index < -0.39 is 23.7 Å². The van der Waals surface area contributed by atoms with Crippen LogP contribution in [0.3, 0.4) is 0 Å². The Balaban J connectivity index is 2.07. The van der Waals surface area contributed by atoms with E-state index in [2.05, 4.69) is 0 Å². The number of hydrogen-bond donors (Lipinski definition) is 0. The van der Waals surface area contributed by atoms with E-state index >= 15 is 0 Å². The van der Waals surface area contributed by atoms with Crippen LogP contribution in [0.25, 0.3) is 0 Å². The Bertz CT molecular complexity index is 1020. The fourth-order valence-corrected chi connectivity index (χ4v) is 4.00. The van der Waals surface area contributed by atoms with Gasteiger partial charge in [0.1, 0.15) is 0 Å². The molecule has 0 aromatic heterocycles. The van der Waals surface area contributed by atoms with Gasteiger partial charge < -0.3 is 4.74 Å². The van der Waals surface area contributed by atoms with Crippen molar-refractivity contribution in [1.29, 1.82) is 0 Å². The Labute approximate surface area is 166 Å². The number of benzene rings is 3. The van der Waals surface area contributed by atoms with E-state index in [-0.39, 0.29) is 5.56 Å². The summed E-state index contributed by atoms with van der Waals surface area (Å²) in [5, 5.41) is 0. The number of carbonyl (C=O) groups is 1. The molecule has 29 heavy (non-hydrogen) atoms. The molecule has 0 unspecified atom stereocenters. The molecule has 148 valence electrons. The van der Waals surface area contributed by atoms with Crippen LogP contribution in [-0.2, 0) is 15.1 Å². The number of alkyl halides is 3. The molecule has 0 saturated heterocycles. The Hall–Kier alpha value is -3.12. The molecule has 1 aliphatic rings. The molecule has 1 heterocycles. The number of amides is 1. The standard InChI is InChI=1S/C23H18F3NO2/c1-29-22(23(24,25)26)19-15-9-8-14-18(19)20(16-10-4-2-5-11-16)27(21(22)28)17-12-6-3-7-13-17/h2-15,20H,1H3/t20-,22+/m1/s1. The molecule has 0 N–H and O–H groups in total. The van der Waals surface area contributed by atoms with Crippen LogP contribution in [0.15, 0.2) is 84.9 Å². The van der Waals surface area contributed by atoms with Gasteiger partial charge in [-0.3, -0.25) is 9.69 Å². The zero-order valence-corrected chi connectivity index (χ0v) is 15.6. The number of para-hydroxylation sites is 1. The minimum atomic E-state index is -4.94. The summed E-state index contributed by atoms with van der Waals surface area (Å²) in [7, 11) is 0.925. The van der Waals surface area contributed by atoms with Crippen LogP contribution < -0.4 is 4.90 Å². The second kappa shape index (κ2) is 7.04. The molecule has 0 radical (unpaired) electrons. The van der Waals surface area contributed by atoms with Crippen molar-refractivity contribution >= 4 is 11.6 Å². The van der Waals surface area contributed by atoms with Gasteiger partial charge in [-0.2, -0.15) is 13.2 Å². The van der Waals surface area contributed by atoms with E-state index in [9.17, 15) is 18.0 Å². The Morgan fingerprint density at radius 1 is 0.862 bits per heavy atom. The summed E-state index contributed by atoms with van der Waals surface area (Å²) in [5.74, 6) is -1.16. The second-order valence-electron chi connectivity index (χ2n) is 6.79. The van der Waals surface area contributed by atoms with Gasteiger partial charge in [0.15, 0.2) is 0 Å². The first-order chi connectivity index (χ1) is 13.9. The molecule has 0 aliphatic carbocycles. The number of hydrogen-bond acceptors (Lipinski definition) is 2. The number of halogens is 3. The maximum atomic E-state index is 14.4. The lowest BCUT2D eigenvalue weighted by Crippen LogP contribution is -2.61. The summed E-state index contributed by atoms with van der Waals surface area (Å²) in [6.07, 6.45) is -4.94. The van der Waals surface area contributed by atoms with Crippen molar-refractivity contribution in [3.63, 3.8) is 0 Å². The van der Waals surface area contributed by atoms with Crippen LogP contribution in [0.1, 0.15) is 22.7 Å². The van der Waals surface area contributed by atoms with Crippen molar-refractivity contribution in [3.05, 3.63) is 102 Å². The van der Waals surface area contributed by atoms with E-state index in [0.29, 0.717) is 16.8 Å². The monoisotopic (exact) mass is 397 g/mol. The molecule has 0 saturated carbocycles. The van der Waals surface area contributed by atoms with Crippen LogP contribution in [0.2, 0.25) is 0 Å². The van der Waals surface area contributed by atoms with Crippen molar-refractivity contribution in [2.45, 2.75) is 17.8 Å². The van der Waals surface area contributed by atoms with Gasteiger partial charge >= 0.3 is 6.18 Å². The van der Waals surface area contributed by atoms with Crippen molar-refractivity contribution in [2.75, 3.05) is 12.0 Å². The van der Waals surface area contributed by atoms with E-state index in [4.69, 9.17) is 4.74 Å². The summed E-state index contributed by atoms with van der Waals surface area (Å²) in [5.41, 5.74) is -1.80. The molecule has 2 atom stereocenters. The quantitative estimate of drug-likeness (QED) is 0.606. The molecule has 4 rings (SSSR count). The van der Waals surface area contributed by atoms with Crippen molar-refractivity contribution in [2.24, 2.45) is 0 Å². The van der Waals surface area contributed by atoms with Crippen LogP contribution >= 0.6 is 0 Å². The molecule has 0 fully saturated rings. The SMILES string of the molecule is CO[C@]1(C(F)(F)F)C(=O)N(c2ccccc2)[C@H](c2ccccc2)c2ccccc21. The summed E-state index contributed by atoms with van der Waals surface area (Å²) < 4.78 is 48.1. The molecule has 1 aliphatic heterocycles. The predicted octanol–water partition coefficient (Wildman–Crippen LogP) is 5.23. The molecular weight excluding hydrogens is 379 g/mol. The zero-order valence-electron chi connectivity index (χ0n) is 15.6. The molecule has 3 nitrogen and oxygen atoms in total. The molecule has 3 aromatic carbocycles. The van der Waals surface area contributed by atoms with Gasteiger partial charge in [-0.25, -0.2) is 0 Å². The summed E-state index contributed by atoms with van der Waals surface area (Å²) in [6, 6.07) is 22.8. The summed E-state index contributed by atoms with van der Waals surface area (Å²) in [4.78, 5) is 14.7. The zero-order chi connectivity index (χ0) is 20.6. The molecule has 0 bridgehead atoms. The maximum absolute atomic E-state index is 14.4. The highest BCUT2D eigenvalue weighted by molar-refractivity contribution is 6.04. The molecular formula is C23H18F3NO2. The lowest BCUT2D eigenvalue weighted by molar-refractivity contribution is -0.266. The van der Waals surface area contributed by atoms with Crippen LogP contribution in [0.5, 0.6) is 0 Å². The number of anilines is 1. The van der Waals surface area contributed by atoms with E-state index in [1.807, 2.05) is 6.07 Å². The highest BCUT2D eigenvalue weighted by Crippen LogP contribution is 2.52. The largest absolute Gasteiger partial charge is 0.431 e. The third-order valence-corrected chi connectivity index (χ3v) is 5.27. The lowest BCUT2D eigenvalue weighted by atomic mass is 9.78. The van der Waals surface area contributed by atoms with Gasteiger partial charge in [-0.1, -0.05) is 72.8 Å². The first-order valence-corrected chi connectivity index (χ1v) is 9.06. The smallest absolute Gasteiger partial charge is 0.356 e. The topological polar surface area (TPSA) is 29.5 Å². The second-order valence-corrected chi connectivity index (χ2v) is 6.79. The Morgan fingerprint density at radius 3 is 2.00 bits per heavy atom. The summed E-state index contributed by atoms with van der Waals surface area (Å²) in [6.45, 7) is 0. The van der Waals surface area contributed by atoms with Gasteiger partial charge in [0.2, 0.25) is 0 Å². The van der Waals surface area contributed by atoms with Crippen molar-refractivity contribution in [3.8, 4) is 0 Å². The van der Waals surface area contributed by atoms with Gasteiger partial charge in [-0.15, -0.1) is 0 Å². The van der Waals surface area contributed by atoms with Crippen LogP contribution in [0.4, 0.5) is 18.9 Å². The van der Waals surface area contributed by atoms with Gasteiger partial charge in [-0.05, 0) is 23.3 Å².